The molecule has 0 heterocycles. The third-order valence-electron chi connectivity index (χ3n) is 10.7. The molecule has 0 rings (SSSR count). The van der Waals surface area contributed by atoms with Crippen LogP contribution in [0, 0.1) is 0 Å². The maximum absolute atomic E-state index is 12.8. The summed E-state index contributed by atoms with van der Waals surface area (Å²) in [5, 5.41) is 0. The monoisotopic (exact) mass is 851 g/mol. The number of hydrogen-bond acceptors (Lipinski definition) is 6. The molecule has 0 aliphatic carbocycles. The second-order valence-electron chi connectivity index (χ2n) is 16.7. The number of esters is 3. The molecule has 1 atom stereocenters. The molecule has 350 valence electrons. The Morgan fingerprint density at radius 1 is 0.361 bits per heavy atom. The van der Waals surface area contributed by atoms with Crippen molar-refractivity contribution < 1.29 is 28.6 Å². The molecule has 0 spiro atoms. The first-order valence-corrected chi connectivity index (χ1v) is 25.5. The van der Waals surface area contributed by atoms with Crippen LogP contribution in [0.5, 0.6) is 0 Å². The Kier molecular flexibility index (Phi) is 46.9. The van der Waals surface area contributed by atoms with Gasteiger partial charge in [0.2, 0.25) is 0 Å². The highest BCUT2D eigenvalue weighted by Crippen LogP contribution is 2.14. The van der Waals surface area contributed by atoms with Gasteiger partial charge in [-0.3, -0.25) is 14.4 Å². The molecule has 6 heteroatoms. The Balaban J connectivity index is 4.35. The van der Waals surface area contributed by atoms with Crippen LogP contribution < -0.4 is 0 Å². The fourth-order valence-corrected chi connectivity index (χ4v) is 6.86. The lowest BCUT2D eigenvalue weighted by atomic mass is 10.1. The maximum atomic E-state index is 12.8. The minimum atomic E-state index is -0.793. The maximum Gasteiger partial charge on any atom is 0.306 e. The van der Waals surface area contributed by atoms with Crippen molar-refractivity contribution in [3.63, 3.8) is 0 Å². The van der Waals surface area contributed by atoms with Crippen molar-refractivity contribution in [3.8, 4) is 0 Å². The lowest BCUT2D eigenvalue weighted by molar-refractivity contribution is -0.167. The molecule has 0 aromatic heterocycles. The number of unbranched alkanes of at least 4 members (excludes halogenated alkanes) is 23. The number of hydrogen-bond donors (Lipinski definition) is 0. The molecule has 0 saturated heterocycles. The minimum Gasteiger partial charge on any atom is -0.462 e. The summed E-state index contributed by atoms with van der Waals surface area (Å²) < 4.78 is 16.7. The predicted molar refractivity (Wildman–Crippen MR) is 261 cm³/mol. The van der Waals surface area contributed by atoms with Gasteiger partial charge in [-0.1, -0.05) is 196 Å². The van der Waals surface area contributed by atoms with Crippen LogP contribution in [0.25, 0.3) is 0 Å². The van der Waals surface area contributed by atoms with Gasteiger partial charge in [-0.15, -0.1) is 0 Å². The Labute approximate surface area is 376 Å². The molecule has 0 aliphatic rings. The largest absolute Gasteiger partial charge is 0.462 e. The van der Waals surface area contributed by atoms with Crippen molar-refractivity contribution in [1.82, 2.24) is 0 Å². The van der Waals surface area contributed by atoms with Crippen LogP contribution in [0.15, 0.2) is 72.9 Å². The molecule has 0 aromatic carbocycles. The molecule has 0 aliphatic heterocycles. The second-order valence-corrected chi connectivity index (χ2v) is 16.7. The highest BCUT2D eigenvalue weighted by molar-refractivity contribution is 5.71. The van der Waals surface area contributed by atoms with E-state index >= 15 is 0 Å². The lowest BCUT2D eigenvalue weighted by Crippen LogP contribution is -2.30. The molecule has 0 saturated carbocycles. The van der Waals surface area contributed by atoms with Gasteiger partial charge in [-0.25, -0.2) is 0 Å². The van der Waals surface area contributed by atoms with Crippen molar-refractivity contribution in [2.45, 2.75) is 245 Å². The third-order valence-corrected chi connectivity index (χ3v) is 10.7. The molecule has 0 N–H and O–H groups in total. The van der Waals surface area contributed by atoms with Gasteiger partial charge in [0, 0.05) is 19.3 Å². The van der Waals surface area contributed by atoms with Crippen molar-refractivity contribution in [2.75, 3.05) is 13.2 Å². The average Bonchev–Trinajstić information content (AvgIpc) is 3.26. The summed E-state index contributed by atoms with van der Waals surface area (Å²) in [5.74, 6) is -0.946. The molecular formula is C55H94O6. The van der Waals surface area contributed by atoms with E-state index in [1.165, 1.54) is 109 Å². The number of ether oxygens (including phenoxy) is 3. The van der Waals surface area contributed by atoms with Crippen molar-refractivity contribution in [3.05, 3.63) is 72.9 Å². The van der Waals surface area contributed by atoms with Gasteiger partial charge in [0.15, 0.2) is 6.10 Å². The smallest absolute Gasteiger partial charge is 0.306 e. The van der Waals surface area contributed by atoms with Crippen LogP contribution in [0.3, 0.4) is 0 Å². The van der Waals surface area contributed by atoms with Crippen molar-refractivity contribution >= 4 is 17.9 Å². The van der Waals surface area contributed by atoms with Crippen LogP contribution in [-0.2, 0) is 28.6 Å². The minimum absolute atomic E-state index is 0.0918. The van der Waals surface area contributed by atoms with Crippen LogP contribution in [0.4, 0.5) is 0 Å². The average molecular weight is 851 g/mol. The first kappa shape index (κ1) is 57.9. The van der Waals surface area contributed by atoms with Crippen molar-refractivity contribution in [2.24, 2.45) is 0 Å². The quantitative estimate of drug-likeness (QED) is 0.0200. The molecule has 0 fully saturated rings. The predicted octanol–water partition coefficient (Wildman–Crippen LogP) is 16.6. The third kappa shape index (κ3) is 47.7. The molecule has 6 nitrogen and oxygen atoms in total. The SMILES string of the molecule is CC/C=C\C/C=C\C/C=C\CCCCCCCCCCCC(=O)OCC(COC(=O)CCC/C=C\CCCCCC)OC(=O)CCCCCCCC/C=C\C=C/CCCCC. The van der Waals surface area contributed by atoms with E-state index in [0.29, 0.717) is 25.7 Å². The first-order valence-electron chi connectivity index (χ1n) is 25.5. The number of carbonyl (C=O) groups excluding carboxylic acids is 3. The van der Waals surface area contributed by atoms with Crippen LogP contribution >= 0.6 is 0 Å². The van der Waals surface area contributed by atoms with Crippen LogP contribution in [0.1, 0.15) is 239 Å². The van der Waals surface area contributed by atoms with Gasteiger partial charge >= 0.3 is 17.9 Å². The summed E-state index contributed by atoms with van der Waals surface area (Å²) in [6, 6.07) is 0. The highest BCUT2D eigenvalue weighted by Gasteiger charge is 2.19. The van der Waals surface area contributed by atoms with Gasteiger partial charge in [0.25, 0.3) is 0 Å². The lowest BCUT2D eigenvalue weighted by Gasteiger charge is -2.18. The fourth-order valence-electron chi connectivity index (χ4n) is 6.86. The summed E-state index contributed by atoms with van der Waals surface area (Å²) in [7, 11) is 0. The zero-order chi connectivity index (χ0) is 44.4. The van der Waals surface area contributed by atoms with Gasteiger partial charge in [0.05, 0.1) is 0 Å². The van der Waals surface area contributed by atoms with Crippen LogP contribution in [0.2, 0.25) is 0 Å². The number of rotatable bonds is 45. The molecule has 0 aromatic rings. The van der Waals surface area contributed by atoms with E-state index in [2.05, 4.69) is 93.7 Å². The molecule has 0 amide bonds. The van der Waals surface area contributed by atoms with E-state index in [-0.39, 0.29) is 31.1 Å². The van der Waals surface area contributed by atoms with E-state index in [4.69, 9.17) is 14.2 Å². The summed E-state index contributed by atoms with van der Waals surface area (Å²) in [4.78, 5) is 37.9. The molecule has 61 heavy (non-hydrogen) atoms. The zero-order valence-electron chi connectivity index (χ0n) is 39.9. The number of allylic oxidation sites excluding steroid dienone is 12. The normalized spacial score (nSPS) is 12.6. The summed E-state index contributed by atoms with van der Waals surface area (Å²) in [6.07, 6.45) is 61.8. The van der Waals surface area contributed by atoms with E-state index in [1.54, 1.807) is 0 Å². The topological polar surface area (TPSA) is 78.9 Å². The van der Waals surface area contributed by atoms with E-state index in [9.17, 15) is 14.4 Å². The van der Waals surface area contributed by atoms with E-state index in [0.717, 1.165) is 83.5 Å². The number of carbonyl (C=O) groups is 3. The van der Waals surface area contributed by atoms with Gasteiger partial charge < -0.3 is 14.2 Å². The van der Waals surface area contributed by atoms with E-state index in [1.807, 2.05) is 0 Å². The van der Waals surface area contributed by atoms with Crippen molar-refractivity contribution in [1.29, 1.82) is 0 Å². The summed E-state index contributed by atoms with van der Waals surface area (Å²) >= 11 is 0. The standard InChI is InChI=1S/C55H94O6/c1-4-7-10-13-16-19-21-23-25-26-27-28-30-31-33-36-39-42-45-48-54(57)60-51-52(50-59-53(56)47-44-41-38-35-18-15-12-9-6-3)61-55(58)49-46-43-40-37-34-32-29-24-22-20-17-14-11-8-5-2/h7,10,16-17,19-20,22-25,35,38,52H,4-6,8-9,11-15,18,21,26-34,36-37,39-51H2,1-3H3/b10-7-,19-16-,20-17-,24-22-,25-23-,38-35-. The Morgan fingerprint density at radius 2 is 0.705 bits per heavy atom. The van der Waals surface area contributed by atoms with Gasteiger partial charge in [-0.05, 0) is 96.3 Å². The molecule has 1 unspecified atom stereocenters. The molecule has 0 bridgehead atoms. The highest BCUT2D eigenvalue weighted by atomic mass is 16.6. The van der Waals surface area contributed by atoms with Gasteiger partial charge in [0.1, 0.15) is 13.2 Å². The summed E-state index contributed by atoms with van der Waals surface area (Å²) in [5.41, 5.74) is 0. The Morgan fingerprint density at radius 3 is 1.21 bits per heavy atom. The van der Waals surface area contributed by atoms with Crippen LogP contribution in [-0.4, -0.2) is 37.2 Å². The Hall–Kier alpha value is -3.15. The first-order chi connectivity index (χ1) is 30.0. The van der Waals surface area contributed by atoms with E-state index < -0.39 is 6.10 Å². The zero-order valence-corrected chi connectivity index (χ0v) is 39.9. The molecular weight excluding hydrogens is 757 g/mol. The molecule has 0 radical (unpaired) electrons. The summed E-state index contributed by atoms with van der Waals surface area (Å²) in [6.45, 7) is 6.42. The van der Waals surface area contributed by atoms with Gasteiger partial charge in [-0.2, -0.15) is 0 Å². The second kappa shape index (κ2) is 49.5. The Bertz CT molecular complexity index is 1160. The fraction of sp³-hybridized carbons (Fsp3) is 0.727.